The van der Waals surface area contributed by atoms with E-state index in [1.54, 1.807) is 6.07 Å². The number of ketones is 1. The van der Waals surface area contributed by atoms with Gasteiger partial charge in [-0.05, 0) is 18.2 Å². The first-order valence-corrected chi connectivity index (χ1v) is 9.58. The van der Waals surface area contributed by atoms with Gasteiger partial charge in [0.15, 0.2) is 27.1 Å². The number of aliphatic hydroxyl groups is 1. The third-order valence-corrected chi connectivity index (χ3v) is 5.85. The van der Waals surface area contributed by atoms with Gasteiger partial charge in [0.2, 0.25) is 0 Å². The van der Waals surface area contributed by atoms with Crippen molar-refractivity contribution in [2.24, 2.45) is 0 Å². The lowest BCUT2D eigenvalue weighted by atomic mass is 10.1. The number of carboxylic acid groups (broad SMARTS) is 1. The van der Waals surface area contributed by atoms with Gasteiger partial charge in [0, 0.05) is 5.56 Å². The average Bonchev–Trinajstić information content (AvgIpc) is 2.85. The van der Waals surface area contributed by atoms with Gasteiger partial charge in [0.05, 0.1) is 51.0 Å². The van der Waals surface area contributed by atoms with Crippen molar-refractivity contribution in [3.05, 3.63) is 23.8 Å². The van der Waals surface area contributed by atoms with Crippen LogP contribution in [0.4, 0.5) is 0 Å². The molecule has 2 N–H and O–H groups in total. The van der Waals surface area contributed by atoms with Gasteiger partial charge in [0.1, 0.15) is 0 Å². The second-order valence-electron chi connectivity index (χ2n) is 6.00. The van der Waals surface area contributed by atoms with Crippen LogP contribution in [-0.2, 0) is 14.6 Å². The number of ether oxygens (including phenoxy) is 2. The Bertz CT molecular complexity index is 791. The second kappa shape index (κ2) is 8.02. The minimum absolute atomic E-state index is 0.258. The first kappa shape index (κ1) is 20.1. The highest BCUT2D eigenvalue weighted by Crippen LogP contribution is 2.28. The molecule has 1 aromatic carbocycles. The van der Waals surface area contributed by atoms with Gasteiger partial charge in [-0.2, -0.15) is 0 Å². The molecule has 26 heavy (non-hydrogen) atoms. The summed E-state index contributed by atoms with van der Waals surface area (Å²) in [6, 6.07) is 3.56. The Balaban J connectivity index is 2.23. The summed E-state index contributed by atoms with van der Waals surface area (Å²) >= 11 is 0. The molecule has 1 fully saturated rings. The average molecular weight is 387 g/mol. The van der Waals surface area contributed by atoms with Crippen LogP contribution in [0.2, 0.25) is 0 Å². The molecule has 1 saturated heterocycles. The predicted molar refractivity (Wildman–Crippen MR) is 91.5 cm³/mol. The monoisotopic (exact) mass is 387 g/mol. The van der Waals surface area contributed by atoms with E-state index in [2.05, 4.69) is 0 Å². The van der Waals surface area contributed by atoms with Gasteiger partial charge in [-0.3, -0.25) is 14.5 Å². The maximum atomic E-state index is 12.6. The zero-order chi connectivity index (χ0) is 19.5. The topological polar surface area (TPSA) is 130 Å². The number of aliphatic hydroxyl groups excluding tert-OH is 1. The molecule has 0 saturated carbocycles. The van der Waals surface area contributed by atoms with Crippen LogP contribution in [0.25, 0.3) is 0 Å². The molecule has 0 radical (unpaired) electrons. The zero-order valence-corrected chi connectivity index (χ0v) is 15.2. The molecular weight excluding hydrogens is 366 g/mol. The van der Waals surface area contributed by atoms with Crippen molar-refractivity contribution in [2.45, 2.75) is 12.1 Å². The molecule has 1 aromatic rings. The van der Waals surface area contributed by atoms with Gasteiger partial charge in [-0.1, -0.05) is 0 Å². The van der Waals surface area contributed by atoms with Gasteiger partial charge in [-0.15, -0.1) is 0 Å². The third kappa shape index (κ3) is 4.71. The minimum atomic E-state index is -3.48. The van der Waals surface area contributed by atoms with Gasteiger partial charge in [0.25, 0.3) is 0 Å². The van der Waals surface area contributed by atoms with E-state index in [0.717, 1.165) is 0 Å². The van der Waals surface area contributed by atoms with Crippen LogP contribution in [-0.4, -0.2) is 86.2 Å². The molecule has 0 amide bonds. The summed E-state index contributed by atoms with van der Waals surface area (Å²) in [6.45, 7) is -0.907. The number of aliphatic carboxylic acids is 1. The highest BCUT2D eigenvalue weighted by molar-refractivity contribution is 7.91. The molecule has 1 aliphatic heterocycles. The van der Waals surface area contributed by atoms with E-state index in [1.165, 1.54) is 31.3 Å². The Kier molecular flexibility index (Phi) is 6.21. The number of sulfone groups is 1. The maximum Gasteiger partial charge on any atom is 0.317 e. The number of carboxylic acids is 1. The Hall–Kier alpha value is -2.17. The van der Waals surface area contributed by atoms with E-state index in [0.29, 0.717) is 11.5 Å². The van der Waals surface area contributed by atoms with Crippen LogP contribution >= 0.6 is 0 Å². The standard InChI is InChI=1S/C16H21NO8S/c1-24-14-4-3-10(5-15(14)25-2)12(18)6-17(7-16(20)21)11-8-26(22,23)9-13(11)19/h3-5,11,13,19H,6-9H2,1-2H3,(H,20,21)/t11-,13-/m0/s1. The summed E-state index contributed by atoms with van der Waals surface area (Å²) in [6.07, 6.45) is -1.24. The zero-order valence-electron chi connectivity index (χ0n) is 14.4. The summed E-state index contributed by atoms with van der Waals surface area (Å²) in [7, 11) is -0.605. The van der Waals surface area contributed by atoms with Crippen molar-refractivity contribution < 1.29 is 37.7 Å². The normalized spacial score (nSPS) is 21.5. The molecule has 2 atom stereocenters. The lowest BCUT2D eigenvalue weighted by Gasteiger charge is -2.27. The Morgan fingerprint density at radius 3 is 2.31 bits per heavy atom. The number of hydrogen-bond acceptors (Lipinski definition) is 8. The predicted octanol–water partition coefficient (Wildman–Crippen LogP) is -0.569. The number of nitrogens with zero attached hydrogens (tertiary/aromatic N) is 1. The summed E-state index contributed by atoms with van der Waals surface area (Å²) in [5.41, 5.74) is 0.258. The number of carbonyl (C=O) groups is 2. The Morgan fingerprint density at radius 2 is 1.81 bits per heavy atom. The van der Waals surface area contributed by atoms with Crippen molar-refractivity contribution in [1.82, 2.24) is 4.90 Å². The van der Waals surface area contributed by atoms with E-state index in [-0.39, 0.29) is 17.9 Å². The van der Waals surface area contributed by atoms with E-state index in [9.17, 15) is 23.1 Å². The Morgan fingerprint density at radius 1 is 1.15 bits per heavy atom. The number of methoxy groups -OCH3 is 2. The largest absolute Gasteiger partial charge is 0.493 e. The van der Waals surface area contributed by atoms with Gasteiger partial charge in [-0.25, -0.2) is 8.42 Å². The molecule has 9 nitrogen and oxygen atoms in total. The number of benzene rings is 1. The van der Waals surface area contributed by atoms with E-state index >= 15 is 0 Å². The van der Waals surface area contributed by atoms with Gasteiger partial charge >= 0.3 is 5.97 Å². The molecule has 1 heterocycles. The van der Waals surface area contributed by atoms with E-state index < -0.39 is 46.0 Å². The summed E-state index contributed by atoms with van der Waals surface area (Å²) in [5, 5.41) is 19.1. The minimum Gasteiger partial charge on any atom is -0.493 e. The lowest BCUT2D eigenvalue weighted by molar-refractivity contribution is -0.139. The molecule has 0 spiro atoms. The number of Topliss-reactive ketones (excluding diaryl/α,β-unsaturated/α-hetero) is 1. The molecule has 0 aliphatic carbocycles. The first-order chi connectivity index (χ1) is 12.2. The quantitative estimate of drug-likeness (QED) is 0.563. The fourth-order valence-electron chi connectivity index (χ4n) is 2.91. The lowest BCUT2D eigenvalue weighted by Crippen LogP contribution is -2.47. The number of carbonyl (C=O) groups excluding carboxylic acids is 1. The van der Waals surface area contributed by atoms with Crippen LogP contribution in [0.5, 0.6) is 11.5 Å². The van der Waals surface area contributed by atoms with Crippen LogP contribution in [0.15, 0.2) is 18.2 Å². The summed E-state index contributed by atoms with van der Waals surface area (Å²) in [5.74, 6) is -1.71. The Labute approximate surface area is 151 Å². The van der Waals surface area contributed by atoms with Crippen molar-refractivity contribution in [1.29, 1.82) is 0 Å². The first-order valence-electron chi connectivity index (χ1n) is 7.76. The van der Waals surface area contributed by atoms with Crippen LogP contribution in [0.3, 0.4) is 0 Å². The number of rotatable bonds is 8. The maximum absolute atomic E-state index is 12.6. The van der Waals surface area contributed by atoms with E-state index in [1.807, 2.05) is 0 Å². The molecular formula is C16H21NO8S. The highest BCUT2D eigenvalue weighted by atomic mass is 32.2. The fourth-order valence-corrected chi connectivity index (χ4v) is 4.74. The molecule has 0 bridgehead atoms. The van der Waals surface area contributed by atoms with E-state index in [4.69, 9.17) is 14.6 Å². The van der Waals surface area contributed by atoms with Crippen molar-refractivity contribution in [3.63, 3.8) is 0 Å². The van der Waals surface area contributed by atoms with Crippen molar-refractivity contribution in [3.8, 4) is 11.5 Å². The SMILES string of the molecule is COc1ccc(C(=O)CN(CC(=O)O)[C@H]2CS(=O)(=O)C[C@@H]2O)cc1OC. The molecule has 10 heteroatoms. The molecule has 0 aromatic heterocycles. The van der Waals surface area contributed by atoms with Crippen molar-refractivity contribution in [2.75, 3.05) is 38.8 Å². The smallest absolute Gasteiger partial charge is 0.317 e. The third-order valence-electron chi connectivity index (χ3n) is 4.15. The molecule has 2 rings (SSSR count). The fraction of sp³-hybridized carbons (Fsp3) is 0.500. The van der Waals surface area contributed by atoms with Crippen LogP contribution in [0.1, 0.15) is 10.4 Å². The summed E-state index contributed by atoms with van der Waals surface area (Å²) in [4.78, 5) is 24.9. The molecule has 144 valence electrons. The second-order valence-corrected chi connectivity index (χ2v) is 8.16. The van der Waals surface area contributed by atoms with Gasteiger partial charge < -0.3 is 19.7 Å². The summed E-state index contributed by atoms with van der Waals surface area (Å²) < 4.78 is 33.6. The molecule has 1 aliphatic rings. The number of hydrogen-bond donors (Lipinski definition) is 2. The van der Waals surface area contributed by atoms with Crippen LogP contribution < -0.4 is 9.47 Å². The highest BCUT2D eigenvalue weighted by Gasteiger charge is 2.41. The molecule has 0 unspecified atom stereocenters. The van der Waals surface area contributed by atoms with Crippen molar-refractivity contribution >= 4 is 21.6 Å². The van der Waals surface area contributed by atoms with Crippen LogP contribution in [0, 0.1) is 0 Å².